The van der Waals surface area contributed by atoms with Gasteiger partial charge in [0, 0.05) is 23.3 Å². The molecule has 0 aliphatic carbocycles. The van der Waals surface area contributed by atoms with Gasteiger partial charge in [0.25, 0.3) is 15.9 Å². The van der Waals surface area contributed by atoms with Crippen molar-refractivity contribution in [1.82, 2.24) is 10.2 Å². The summed E-state index contributed by atoms with van der Waals surface area (Å²) in [5.74, 6) is -0.192. The minimum Gasteiger partial charge on any atom is -0.350 e. The highest BCUT2D eigenvalue weighted by molar-refractivity contribution is 7.93. The zero-order valence-electron chi connectivity index (χ0n) is 16.9. The molecule has 2 heterocycles. The van der Waals surface area contributed by atoms with E-state index in [0.717, 1.165) is 24.4 Å². The van der Waals surface area contributed by atoms with E-state index in [4.69, 9.17) is 23.2 Å². The molecule has 1 fully saturated rings. The molecule has 1 amide bonds. The molecule has 1 aliphatic rings. The number of hydrogen-bond donors (Lipinski definition) is 2. The van der Waals surface area contributed by atoms with Crippen molar-refractivity contribution >= 4 is 56.2 Å². The molecule has 1 aromatic carbocycles. The number of carbonyl (C=O) groups excluding carboxylic acids is 1. The van der Waals surface area contributed by atoms with Gasteiger partial charge >= 0.3 is 0 Å². The van der Waals surface area contributed by atoms with Gasteiger partial charge in [-0.1, -0.05) is 29.6 Å². The van der Waals surface area contributed by atoms with Gasteiger partial charge in [0.1, 0.15) is 9.23 Å². The van der Waals surface area contributed by atoms with Crippen molar-refractivity contribution in [2.24, 2.45) is 0 Å². The lowest BCUT2D eigenvalue weighted by molar-refractivity contribution is 0.0797. The molecule has 1 aliphatic heterocycles. The third-order valence-electron chi connectivity index (χ3n) is 5.21. The summed E-state index contributed by atoms with van der Waals surface area (Å²) in [7, 11) is -3.86. The van der Waals surface area contributed by atoms with Crippen LogP contribution in [0.1, 0.15) is 43.5 Å². The second-order valence-corrected chi connectivity index (χ2v) is 11.9. The highest BCUT2D eigenvalue weighted by atomic mass is 35.5. The molecule has 0 bridgehead atoms. The molecule has 0 spiro atoms. The number of amides is 1. The number of benzene rings is 1. The summed E-state index contributed by atoms with van der Waals surface area (Å²) < 4.78 is 27.8. The number of nitrogens with zero attached hydrogens (tertiary/aromatic N) is 1. The van der Waals surface area contributed by atoms with Gasteiger partial charge in [0.2, 0.25) is 0 Å². The standard InChI is InChI=1S/C20H25Cl2N3O3S2/c1-20(2,25-10-4-3-5-11-25)13-23-19(26)14-6-8-15(9-7-14)24-30(27,28)16-12-17(21)29-18(16)22/h6-9,12,24H,3-5,10-11,13H2,1-2H3,(H,23,26). The Kier molecular flexibility index (Phi) is 7.35. The minimum absolute atomic E-state index is 0.0686. The fraction of sp³-hybridized carbons (Fsp3) is 0.450. The van der Waals surface area contributed by atoms with Gasteiger partial charge in [0.15, 0.2) is 0 Å². The normalized spacial score (nSPS) is 15.7. The largest absolute Gasteiger partial charge is 0.350 e. The topological polar surface area (TPSA) is 78.5 Å². The molecule has 2 aromatic rings. The molecule has 164 valence electrons. The van der Waals surface area contributed by atoms with E-state index in [1.807, 2.05) is 0 Å². The van der Waals surface area contributed by atoms with Gasteiger partial charge in [-0.05, 0) is 70.1 Å². The molecule has 1 saturated heterocycles. The number of rotatable bonds is 7. The fourth-order valence-electron chi connectivity index (χ4n) is 3.42. The van der Waals surface area contributed by atoms with Crippen LogP contribution >= 0.6 is 34.5 Å². The number of thiophene rings is 1. The number of halogens is 2. The Hall–Kier alpha value is -1.32. The third-order valence-corrected chi connectivity index (χ3v) is 8.34. The van der Waals surface area contributed by atoms with Crippen LogP contribution in [0.15, 0.2) is 35.2 Å². The van der Waals surface area contributed by atoms with Crippen LogP contribution in [-0.2, 0) is 10.0 Å². The van der Waals surface area contributed by atoms with Crippen molar-refractivity contribution in [2.75, 3.05) is 24.4 Å². The molecular formula is C20H25Cl2N3O3S2. The Morgan fingerprint density at radius 2 is 1.77 bits per heavy atom. The van der Waals surface area contributed by atoms with Crippen LogP contribution in [0, 0.1) is 0 Å². The Morgan fingerprint density at radius 3 is 2.33 bits per heavy atom. The molecule has 1 aromatic heterocycles. The summed E-state index contributed by atoms with van der Waals surface area (Å²) in [4.78, 5) is 14.9. The number of piperidine rings is 1. The van der Waals surface area contributed by atoms with E-state index >= 15 is 0 Å². The van der Waals surface area contributed by atoms with Crippen LogP contribution in [0.5, 0.6) is 0 Å². The molecular weight excluding hydrogens is 465 g/mol. The van der Waals surface area contributed by atoms with Crippen LogP contribution in [0.4, 0.5) is 5.69 Å². The predicted molar refractivity (Wildman–Crippen MR) is 123 cm³/mol. The van der Waals surface area contributed by atoms with E-state index in [1.54, 1.807) is 24.3 Å². The molecule has 30 heavy (non-hydrogen) atoms. The Morgan fingerprint density at radius 1 is 1.13 bits per heavy atom. The second kappa shape index (κ2) is 9.44. The fourth-order valence-corrected chi connectivity index (χ4v) is 6.63. The van der Waals surface area contributed by atoms with Crippen LogP contribution in [0.25, 0.3) is 0 Å². The summed E-state index contributed by atoms with van der Waals surface area (Å²) >= 11 is 12.8. The molecule has 0 unspecified atom stereocenters. The summed E-state index contributed by atoms with van der Waals surface area (Å²) in [6.07, 6.45) is 3.65. The highest BCUT2D eigenvalue weighted by Crippen LogP contribution is 2.35. The van der Waals surface area contributed by atoms with Crippen molar-refractivity contribution in [3.63, 3.8) is 0 Å². The molecule has 2 N–H and O–H groups in total. The summed E-state index contributed by atoms with van der Waals surface area (Å²) in [5, 5.41) is 2.99. The van der Waals surface area contributed by atoms with Crippen molar-refractivity contribution in [2.45, 2.75) is 43.5 Å². The smallest absolute Gasteiger partial charge is 0.264 e. The van der Waals surface area contributed by atoms with E-state index in [9.17, 15) is 13.2 Å². The Balaban J connectivity index is 1.61. The van der Waals surface area contributed by atoms with Gasteiger partial charge in [-0.2, -0.15) is 0 Å². The first-order valence-electron chi connectivity index (χ1n) is 9.69. The summed E-state index contributed by atoms with van der Waals surface area (Å²) in [6.45, 7) is 6.92. The van der Waals surface area contributed by atoms with E-state index in [2.05, 4.69) is 28.8 Å². The lowest BCUT2D eigenvalue weighted by Gasteiger charge is -2.41. The van der Waals surface area contributed by atoms with Crippen molar-refractivity contribution in [3.8, 4) is 0 Å². The molecule has 0 atom stereocenters. The predicted octanol–water partition coefficient (Wildman–Crippen LogP) is 4.85. The van der Waals surface area contributed by atoms with Gasteiger partial charge in [-0.15, -0.1) is 11.3 Å². The first-order chi connectivity index (χ1) is 14.1. The molecule has 10 heteroatoms. The second-order valence-electron chi connectivity index (χ2n) is 7.91. The van der Waals surface area contributed by atoms with Crippen molar-refractivity contribution in [3.05, 3.63) is 44.6 Å². The third kappa shape index (κ3) is 5.68. The lowest BCUT2D eigenvalue weighted by Crippen LogP contribution is -2.53. The number of anilines is 1. The number of carbonyl (C=O) groups is 1. The van der Waals surface area contributed by atoms with Gasteiger partial charge in [-0.25, -0.2) is 8.42 Å². The number of hydrogen-bond acceptors (Lipinski definition) is 5. The average molecular weight is 490 g/mol. The maximum absolute atomic E-state index is 12.5. The quantitative estimate of drug-likeness (QED) is 0.582. The zero-order chi connectivity index (χ0) is 21.9. The van der Waals surface area contributed by atoms with E-state index < -0.39 is 10.0 Å². The van der Waals surface area contributed by atoms with E-state index in [0.29, 0.717) is 22.1 Å². The van der Waals surface area contributed by atoms with E-state index in [-0.39, 0.29) is 20.7 Å². The first-order valence-corrected chi connectivity index (χ1v) is 12.7. The average Bonchev–Trinajstić information content (AvgIpc) is 3.06. The molecule has 6 nitrogen and oxygen atoms in total. The van der Waals surface area contributed by atoms with Crippen LogP contribution in [0.3, 0.4) is 0 Å². The maximum Gasteiger partial charge on any atom is 0.264 e. The van der Waals surface area contributed by atoms with Crippen molar-refractivity contribution < 1.29 is 13.2 Å². The Labute approximate surface area is 191 Å². The van der Waals surface area contributed by atoms with Gasteiger partial charge < -0.3 is 5.32 Å². The first kappa shape index (κ1) is 23.3. The van der Waals surface area contributed by atoms with Gasteiger partial charge in [0.05, 0.1) is 4.34 Å². The number of nitrogens with one attached hydrogen (secondary N) is 2. The zero-order valence-corrected chi connectivity index (χ0v) is 20.0. The monoisotopic (exact) mass is 489 g/mol. The summed E-state index contributed by atoms with van der Waals surface area (Å²) in [5.41, 5.74) is 0.676. The number of likely N-dealkylation sites (tertiary alicyclic amines) is 1. The lowest BCUT2D eigenvalue weighted by atomic mass is 9.98. The van der Waals surface area contributed by atoms with E-state index in [1.165, 1.54) is 25.3 Å². The van der Waals surface area contributed by atoms with Crippen LogP contribution in [-0.4, -0.2) is 44.4 Å². The Bertz CT molecular complexity index is 999. The molecule has 0 saturated carbocycles. The van der Waals surface area contributed by atoms with Gasteiger partial charge in [-0.3, -0.25) is 14.4 Å². The highest BCUT2D eigenvalue weighted by Gasteiger charge is 2.28. The summed E-state index contributed by atoms with van der Waals surface area (Å²) in [6, 6.07) is 7.57. The number of sulfonamides is 1. The molecule has 3 rings (SSSR count). The SMILES string of the molecule is CC(C)(CNC(=O)c1ccc(NS(=O)(=O)c2cc(Cl)sc2Cl)cc1)N1CCCCC1. The molecule has 0 radical (unpaired) electrons. The van der Waals surface area contributed by atoms with Crippen LogP contribution in [0.2, 0.25) is 8.67 Å². The van der Waals surface area contributed by atoms with Crippen LogP contribution < -0.4 is 10.0 Å². The minimum atomic E-state index is -3.86. The maximum atomic E-state index is 12.5. The van der Waals surface area contributed by atoms with Crippen molar-refractivity contribution in [1.29, 1.82) is 0 Å².